The molecule has 23 heavy (non-hydrogen) atoms. The molecule has 3 rings (SSSR count). The van der Waals surface area contributed by atoms with E-state index in [2.05, 4.69) is 15.9 Å². The molecule has 1 saturated carbocycles. The van der Waals surface area contributed by atoms with Crippen molar-refractivity contribution in [1.82, 2.24) is 0 Å². The van der Waals surface area contributed by atoms with Crippen LogP contribution in [0.25, 0.3) is 0 Å². The van der Waals surface area contributed by atoms with Gasteiger partial charge in [-0.2, -0.15) is 0 Å². The third-order valence-corrected chi connectivity index (χ3v) is 5.18. The van der Waals surface area contributed by atoms with Gasteiger partial charge < -0.3 is 9.47 Å². The van der Waals surface area contributed by atoms with Crippen LogP contribution in [0.1, 0.15) is 36.0 Å². The zero-order valence-corrected chi connectivity index (χ0v) is 13.4. The third-order valence-electron chi connectivity index (χ3n) is 4.13. The Kier molecular flexibility index (Phi) is 4.64. The van der Waals surface area contributed by atoms with Crippen LogP contribution in [0.15, 0.2) is 6.07 Å². The monoisotopic (exact) mass is 396 g/mol. The number of halogens is 5. The Morgan fingerprint density at radius 3 is 2.39 bits per heavy atom. The van der Waals surface area contributed by atoms with Gasteiger partial charge >= 0.3 is 5.97 Å². The van der Waals surface area contributed by atoms with Crippen LogP contribution in [0, 0.1) is 23.3 Å². The average Bonchev–Trinajstić information content (AvgIpc) is 3.26. The molecule has 0 radical (unpaired) electrons. The molecule has 1 saturated heterocycles. The van der Waals surface area contributed by atoms with Crippen molar-refractivity contribution in [3.63, 3.8) is 0 Å². The molecule has 0 bridgehead atoms. The molecule has 1 aromatic rings. The second kappa shape index (κ2) is 6.39. The number of esters is 1. The summed E-state index contributed by atoms with van der Waals surface area (Å²) in [4.78, 5) is 11.8. The molecule has 0 N–H and O–H groups in total. The summed E-state index contributed by atoms with van der Waals surface area (Å²) in [6.07, 6.45) is 2.47. The van der Waals surface area contributed by atoms with Gasteiger partial charge in [-0.15, -0.1) is 0 Å². The van der Waals surface area contributed by atoms with Crippen LogP contribution in [0.4, 0.5) is 17.6 Å². The van der Waals surface area contributed by atoms with E-state index in [1.807, 2.05) is 0 Å². The van der Waals surface area contributed by atoms with Crippen LogP contribution >= 0.6 is 15.9 Å². The average molecular weight is 397 g/mol. The van der Waals surface area contributed by atoms with Gasteiger partial charge in [0.2, 0.25) is 0 Å². The normalized spacial score (nSPS) is 30.1. The molecule has 1 aromatic carbocycles. The maximum atomic E-state index is 13.6. The van der Waals surface area contributed by atoms with Gasteiger partial charge in [-0.05, 0) is 31.7 Å². The lowest BCUT2D eigenvalue weighted by molar-refractivity contribution is 0.0256. The summed E-state index contributed by atoms with van der Waals surface area (Å²) in [7, 11) is 0. The van der Waals surface area contributed by atoms with Crippen LogP contribution < -0.4 is 0 Å². The van der Waals surface area contributed by atoms with E-state index in [0.717, 1.165) is 6.42 Å². The predicted molar refractivity (Wildman–Crippen MR) is 75.3 cm³/mol. The minimum Gasteiger partial charge on any atom is -0.458 e. The number of carbonyl (C=O) groups is 1. The minimum absolute atomic E-state index is 0.147. The molecule has 3 nitrogen and oxygen atoms in total. The first-order chi connectivity index (χ1) is 10.9. The Morgan fingerprint density at radius 1 is 1.04 bits per heavy atom. The molecule has 1 aliphatic carbocycles. The standard InChI is InChI=1S/C15H13BrF4O3/c16-7-1-2-10-11(22-10)4-3-9(7)23-15(21)6-5-8(17)13(19)14(20)12(6)18/h5,7,9-11H,1-4H2/t7-,9-,10-,11+/m1/s1. The van der Waals surface area contributed by atoms with Gasteiger partial charge in [0.15, 0.2) is 23.3 Å². The highest BCUT2D eigenvalue weighted by molar-refractivity contribution is 9.09. The van der Waals surface area contributed by atoms with Gasteiger partial charge in [0.05, 0.1) is 17.0 Å². The SMILES string of the molecule is O=C(O[C@@H]1CC[C@@H]2O[C@@H]2CC[C@H]1Br)c1cc(F)c(F)c(F)c1F. The van der Waals surface area contributed by atoms with Gasteiger partial charge in [-0.25, -0.2) is 22.4 Å². The fourth-order valence-corrected chi connectivity index (χ4v) is 3.40. The van der Waals surface area contributed by atoms with Crippen molar-refractivity contribution in [3.8, 4) is 0 Å². The number of hydrogen-bond acceptors (Lipinski definition) is 3. The number of hydrogen-bond donors (Lipinski definition) is 0. The second-order valence-corrected chi connectivity index (χ2v) is 6.85. The van der Waals surface area contributed by atoms with Crippen LogP contribution in [0.2, 0.25) is 0 Å². The highest BCUT2D eigenvalue weighted by Crippen LogP contribution is 2.37. The number of benzene rings is 1. The topological polar surface area (TPSA) is 38.8 Å². The molecule has 2 fully saturated rings. The lowest BCUT2D eigenvalue weighted by atomic mass is 9.98. The first-order valence-electron chi connectivity index (χ1n) is 7.22. The van der Waals surface area contributed by atoms with Crippen LogP contribution in [0.5, 0.6) is 0 Å². The van der Waals surface area contributed by atoms with E-state index in [-0.39, 0.29) is 17.0 Å². The van der Waals surface area contributed by atoms with Gasteiger partial charge in [0.25, 0.3) is 0 Å². The molecular weight excluding hydrogens is 384 g/mol. The minimum atomic E-state index is -2.03. The predicted octanol–water partition coefficient (Wildman–Crippen LogP) is 3.87. The van der Waals surface area contributed by atoms with Crippen molar-refractivity contribution in [1.29, 1.82) is 0 Å². The number of ether oxygens (including phenoxy) is 2. The molecule has 2 aliphatic rings. The van der Waals surface area contributed by atoms with Crippen molar-refractivity contribution in [2.45, 2.75) is 48.8 Å². The maximum Gasteiger partial charge on any atom is 0.341 e. The van der Waals surface area contributed by atoms with Crippen LogP contribution in [-0.2, 0) is 9.47 Å². The summed E-state index contributed by atoms with van der Waals surface area (Å²) < 4.78 is 63.6. The smallest absolute Gasteiger partial charge is 0.341 e. The zero-order valence-electron chi connectivity index (χ0n) is 11.8. The fourth-order valence-electron chi connectivity index (χ4n) is 2.76. The van der Waals surface area contributed by atoms with E-state index in [9.17, 15) is 22.4 Å². The highest BCUT2D eigenvalue weighted by Gasteiger charge is 2.42. The van der Waals surface area contributed by atoms with Crippen molar-refractivity contribution < 1.29 is 31.8 Å². The lowest BCUT2D eigenvalue weighted by Crippen LogP contribution is -2.30. The van der Waals surface area contributed by atoms with Gasteiger partial charge in [0.1, 0.15) is 11.7 Å². The van der Waals surface area contributed by atoms with E-state index in [0.29, 0.717) is 25.3 Å². The molecular formula is C15H13BrF4O3. The molecule has 0 amide bonds. The fraction of sp³-hybridized carbons (Fsp3) is 0.533. The largest absolute Gasteiger partial charge is 0.458 e. The first kappa shape index (κ1) is 16.7. The summed E-state index contributed by atoms with van der Waals surface area (Å²) >= 11 is 3.41. The quantitative estimate of drug-likeness (QED) is 0.190. The van der Waals surface area contributed by atoms with Crippen molar-refractivity contribution in [2.24, 2.45) is 0 Å². The van der Waals surface area contributed by atoms with E-state index < -0.39 is 40.9 Å². The number of rotatable bonds is 2. The van der Waals surface area contributed by atoms with Gasteiger partial charge in [-0.3, -0.25) is 0 Å². The molecule has 4 atom stereocenters. The Bertz CT molecular complexity index is 640. The Hall–Kier alpha value is -1.15. The van der Waals surface area contributed by atoms with Crippen LogP contribution in [-0.4, -0.2) is 29.1 Å². The summed E-state index contributed by atoms with van der Waals surface area (Å²) in [5.41, 5.74) is -0.955. The molecule has 126 valence electrons. The summed E-state index contributed by atoms with van der Waals surface area (Å²) in [5.74, 6) is -8.60. The number of carbonyl (C=O) groups excluding carboxylic acids is 1. The summed E-state index contributed by atoms with van der Waals surface area (Å²) in [6.45, 7) is 0. The lowest BCUT2D eigenvalue weighted by Gasteiger charge is -2.24. The van der Waals surface area contributed by atoms with E-state index in [1.165, 1.54) is 0 Å². The summed E-state index contributed by atoms with van der Waals surface area (Å²) in [6, 6.07) is 0.308. The molecule has 1 aliphatic heterocycles. The van der Waals surface area contributed by atoms with Gasteiger partial charge in [-0.1, -0.05) is 15.9 Å². The number of epoxide rings is 1. The number of fused-ring (bicyclic) bond motifs is 1. The molecule has 0 unspecified atom stereocenters. The Balaban J connectivity index is 1.75. The Labute approximate surface area is 138 Å². The molecule has 0 aromatic heterocycles. The van der Waals surface area contributed by atoms with Crippen molar-refractivity contribution >= 4 is 21.9 Å². The van der Waals surface area contributed by atoms with E-state index in [4.69, 9.17) is 9.47 Å². The summed E-state index contributed by atoms with van der Waals surface area (Å²) in [5, 5.41) is 0. The van der Waals surface area contributed by atoms with Crippen LogP contribution in [0.3, 0.4) is 0 Å². The molecule has 0 spiro atoms. The Morgan fingerprint density at radius 2 is 1.70 bits per heavy atom. The first-order valence-corrected chi connectivity index (χ1v) is 8.13. The van der Waals surface area contributed by atoms with E-state index >= 15 is 0 Å². The highest BCUT2D eigenvalue weighted by atomic mass is 79.9. The van der Waals surface area contributed by atoms with Crippen molar-refractivity contribution in [3.05, 3.63) is 34.9 Å². The zero-order chi connectivity index (χ0) is 16.7. The molecule has 1 heterocycles. The number of alkyl halides is 1. The maximum absolute atomic E-state index is 13.6. The van der Waals surface area contributed by atoms with Crippen molar-refractivity contribution in [2.75, 3.05) is 0 Å². The molecule has 8 heteroatoms. The second-order valence-electron chi connectivity index (χ2n) is 5.68. The van der Waals surface area contributed by atoms with E-state index in [1.54, 1.807) is 0 Å². The van der Waals surface area contributed by atoms with Gasteiger partial charge in [0, 0.05) is 0 Å². The third kappa shape index (κ3) is 3.38.